The maximum Gasteiger partial charge on any atom is 0.293 e. The first-order valence-electron chi connectivity index (χ1n) is 6.78. The molecule has 3 N–H and O–H groups in total. The molecule has 1 aromatic rings. The minimum atomic E-state index is -0.164. The first kappa shape index (κ1) is 17.0. The van der Waals surface area contributed by atoms with Crippen LogP contribution in [0.1, 0.15) is 26.3 Å². The van der Waals surface area contributed by atoms with Crippen LogP contribution in [0.15, 0.2) is 22.3 Å². The fourth-order valence-electron chi connectivity index (χ4n) is 1.86. The number of rotatable bonds is 8. The van der Waals surface area contributed by atoms with Gasteiger partial charge in [-0.15, -0.1) is 0 Å². The van der Waals surface area contributed by atoms with Crippen LogP contribution < -0.4 is 16.2 Å². The molecule has 0 spiro atoms. The third-order valence-corrected chi connectivity index (χ3v) is 3.04. The molecule has 0 aliphatic carbocycles. The number of amidine groups is 1. The fourth-order valence-corrected chi connectivity index (χ4v) is 1.86. The van der Waals surface area contributed by atoms with Gasteiger partial charge >= 0.3 is 0 Å². The van der Waals surface area contributed by atoms with Crippen molar-refractivity contribution >= 4 is 11.7 Å². The van der Waals surface area contributed by atoms with Crippen LogP contribution in [0, 0.1) is 0 Å². The van der Waals surface area contributed by atoms with Crippen molar-refractivity contribution in [3.8, 4) is 0 Å². The SMILES string of the molecule is COCCN(CCC(N)=NO)c1nccn(C(C)C)c1=O. The number of aromatic nitrogens is 2. The predicted octanol–water partition coefficient (Wildman–Crippen LogP) is 0.414. The zero-order valence-electron chi connectivity index (χ0n) is 12.7. The lowest BCUT2D eigenvalue weighted by molar-refractivity contribution is 0.205. The Hall–Kier alpha value is -2.09. The van der Waals surface area contributed by atoms with Gasteiger partial charge in [-0.2, -0.15) is 0 Å². The number of anilines is 1. The molecule has 0 atom stereocenters. The number of ether oxygens (including phenoxy) is 1. The molecule has 118 valence electrons. The van der Waals surface area contributed by atoms with Crippen LogP contribution in [0.4, 0.5) is 5.82 Å². The summed E-state index contributed by atoms with van der Waals surface area (Å²) in [4.78, 5) is 18.4. The van der Waals surface area contributed by atoms with Gasteiger partial charge in [0.2, 0.25) is 0 Å². The van der Waals surface area contributed by atoms with Crippen LogP contribution in [0.25, 0.3) is 0 Å². The molecule has 0 saturated carbocycles. The van der Waals surface area contributed by atoms with Gasteiger partial charge in [-0.05, 0) is 13.8 Å². The minimum absolute atomic E-state index is 0.0487. The van der Waals surface area contributed by atoms with Gasteiger partial charge in [0.05, 0.1) is 6.61 Å². The topological polar surface area (TPSA) is 106 Å². The van der Waals surface area contributed by atoms with E-state index in [1.807, 2.05) is 13.8 Å². The van der Waals surface area contributed by atoms with Crippen molar-refractivity contribution in [2.75, 3.05) is 31.7 Å². The Balaban J connectivity index is 3.02. The number of hydrogen-bond acceptors (Lipinski definition) is 6. The molecule has 0 unspecified atom stereocenters. The Morgan fingerprint density at radius 2 is 2.29 bits per heavy atom. The van der Waals surface area contributed by atoms with Crippen LogP contribution in [0.2, 0.25) is 0 Å². The lowest BCUT2D eigenvalue weighted by Gasteiger charge is -2.23. The molecule has 21 heavy (non-hydrogen) atoms. The van der Waals surface area contributed by atoms with Gasteiger partial charge in [-0.3, -0.25) is 4.79 Å². The Kier molecular flexibility index (Phi) is 6.67. The third kappa shape index (κ3) is 4.75. The van der Waals surface area contributed by atoms with E-state index in [1.165, 1.54) is 0 Å². The average Bonchev–Trinajstić information content (AvgIpc) is 2.47. The van der Waals surface area contributed by atoms with Crippen LogP contribution in [0.5, 0.6) is 0 Å². The Morgan fingerprint density at radius 3 is 2.86 bits per heavy atom. The summed E-state index contributed by atoms with van der Waals surface area (Å²) in [6.45, 7) is 5.24. The van der Waals surface area contributed by atoms with Crippen molar-refractivity contribution in [2.45, 2.75) is 26.3 Å². The number of nitrogens with zero attached hydrogens (tertiary/aromatic N) is 4. The highest BCUT2D eigenvalue weighted by Gasteiger charge is 2.15. The van der Waals surface area contributed by atoms with Gasteiger partial charge in [0.25, 0.3) is 5.56 Å². The van der Waals surface area contributed by atoms with E-state index >= 15 is 0 Å². The van der Waals surface area contributed by atoms with E-state index in [9.17, 15) is 4.79 Å². The highest BCUT2D eigenvalue weighted by Crippen LogP contribution is 2.07. The van der Waals surface area contributed by atoms with Crippen molar-refractivity contribution in [1.29, 1.82) is 0 Å². The van der Waals surface area contributed by atoms with Gasteiger partial charge in [-0.25, -0.2) is 4.98 Å². The summed E-state index contributed by atoms with van der Waals surface area (Å²) in [5.74, 6) is 0.450. The molecular weight excluding hydrogens is 274 g/mol. The zero-order chi connectivity index (χ0) is 15.8. The standard InChI is InChI=1S/C13H23N5O3/c1-10(2)18-7-5-15-12(13(18)19)17(8-9-21-3)6-4-11(14)16-20/h5,7,10,20H,4,6,8-9H2,1-3H3,(H2,14,16). The van der Waals surface area contributed by atoms with E-state index in [-0.39, 0.29) is 17.4 Å². The van der Waals surface area contributed by atoms with E-state index in [2.05, 4.69) is 10.1 Å². The minimum Gasteiger partial charge on any atom is -0.409 e. The molecule has 1 heterocycles. The van der Waals surface area contributed by atoms with Gasteiger partial charge in [0, 0.05) is 45.1 Å². The predicted molar refractivity (Wildman–Crippen MR) is 81.0 cm³/mol. The van der Waals surface area contributed by atoms with Gasteiger partial charge < -0.3 is 25.1 Å². The molecule has 0 aliphatic rings. The monoisotopic (exact) mass is 297 g/mol. The first-order valence-corrected chi connectivity index (χ1v) is 6.78. The van der Waals surface area contributed by atoms with E-state index in [1.54, 1.807) is 29.0 Å². The molecule has 0 radical (unpaired) electrons. The van der Waals surface area contributed by atoms with Crippen LogP contribution in [0.3, 0.4) is 0 Å². The molecule has 0 bridgehead atoms. The molecule has 1 aromatic heterocycles. The normalized spacial score (nSPS) is 11.9. The second-order valence-electron chi connectivity index (χ2n) is 4.88. The summed E-state index contributed by atoms with van der Waals surface area (Å²) in [5, 5.41) is 11.5. The van der Waals surface area contributed by atoms with Crippen molar-refractivity contribution in [1.82, 2.24) is 9.55 Å². The Morgan fingerprint density at radius 1 is 1.57 bits per heavy atom. The van der Waals surface area contributed by atoms with Crippen LogP contribution >= 0.6 is 0 Å². The average molecular weight is 297 g/mol. The van der Waals surface area contributed by atoms with E-state index in [0.29, 0.717) is 31.9 Å². The van der Waals surface area contributed by atoms with Gasteiger partial charge in [0.15, 0.2) is 5.82 Å². The van der Waals surface area contributed by atoms with E-state index in [4.69, 9.17) is 15.7 Å². The van der Waals surface area contributed by atoms with E-state index < -0.39 is 0 Å². The lowest BCUT2D eigenvalue weighted by Crippen LogP contribution is -2.37. The van der Waals surface area contributed by atoms with Gasteiger partial charge in [-0.1, -0.05) is 5.16 Å². The molecular formula is C13H23N5O3. The van der Waals surface area contributed by atoms with Crippen molar-refractivity contribution in [3.63, 3.8) is 0 Å². The van der Waals surface area contributed by atoms with Crippen molar-refractivity contribution in [2.24, 2.45) is 10.9 Å². The highest BCUT2D eigenvalue weighted by atomic mass is 16.5. The Labute approximate surface area is 123 Å². The Bertz CT molecular complexity index is 527. The molecule has 8 heteroatoms. The van der Waals surface area contributed by atoms with Crippen molar-refractivity contribution in [3.05, 3.63) is 22.7 Å². The molecule has 0 aromatic carbocycles. The molecule has 8 nitrogen and oxygen atoms in total. The molecule has 0 saturated heterocycles. The quantitative estimate of drug-likeness (QED) is 0.312. The summed E-state index contributed by atoms with van der Waals surface area (Å²) < 4.78 is 6.67. The van der Waals surface area contributed by atoms with Crippen molar-refractivity contribution < 1.29 is 9.94 Å². The van der Waals surface area contributed by atoms with Gasteiger partial charge in [0.1, 0.15) is 5.84 Å². The highest BCUT2D eigenvalue weighted by molar-refractivity contribution is 5.80. The van der Waals surface area contributed by atoms with Crippen LogP contribution in [-0.2, 0) is 4.74 Å². The molecule has 0 aliphatic heterocycles. The molecule has 1 rings (SSSR count). The maximum absolute atomic E-state index is 12.4. The summed E-state index contributed by atoms with van der Waals surface area (Å²) in [7, 11) is 1.59. The first-order chi connectivity index (χ1) is 10.0. The number of hydrogen-bond donors (Lipinski definition) is 2. The second-order valence-corrected chi connectivity index (χ2v) is 4.88. The molecule has 0 amide bonds. The summed E-state index contributed by atoms with van der Waals surface area (Å²) in [6.07, 6.45) is 3.59. The lowest BCUT2D eigenvalue weighted by atomic mass is 10.3. The second kappa shape index (κ2) is 8.25. The summed E-state index contributed by atoms with van der Waals surface area (Å²) in [6, 6.07) is 0.0487. The number of oxime groups is 1. The number of methoxy groups -OCH3 is 1. The third-order valence-electron chi connectivity index (χ3n) is 3.04. The number of nitrogens with two attached hydrogens (primary N) is 1. The smallest absolute Gasteiger partial charge is 0.293 e. The fraction of sp³-hybridized carbons (Fsp3) is 0.615. The zero-order valence-corrected chi connectivity index (χ0v) is 12.7. The van der Waals surface area contributed by atoms with E-state index in [0.717, 1.165) is 0 Å². The van der Waals surface area contributed by atoms with Crippen LogP contribution in [-0.4, -0.2) is 47.4 Å². The summed E-state index contributed by atoms with van der Waals surface area (Å²) >= 11 is 0. The summed E-state index contributed by atoms with van der Waals surface area (Å²) in [5.41, 5.74) is 5.32. The largest absolute Gasteiger partial charge is 0.409 e. The maximum atomic E-state index is 12.4. The molecule has 0 fully saturated rings.